The molecule has 0 fully saturated rings. The molecule has 0 aliphatic heterocycles. The average Bonchev–Trinajstić information content (AvgIpc) is 2.39. The quantitative estimate of drug-likeness (QED) is 0.410. The molecule has 18 heavy (non-hydrogen) atoms. The van der Waals surface area contributed by atoms with Gasteiger partial charge in [-0.25, -0.2) is 0 Å². The predicted octanol–water partition coefficient (Wildman–Crippen LogP) is 3.62. The van der Waals surface area contributed by atoms with E-state index in [1.54, 1.807) is 18.2 Å². The predicted molar refractivity (Wildman–Crippen MR) is 78.8 cm³/mol. The van der Waals surface area contributed by atoms with Gasteiger partial charge in [0.05, 0.1) is 6.61 Å². The molecule has 0 aromatic heterocycles. The van der Waals surface area contributed by atoms with Crippen molar-refractivity contribution in [3.8, 4) is 23.7 Å². The summed E-state index contributed by atoms with van der Waals surface area (Å²) in [6.45, 7) is 2.24. The van der Waals surface area contributed by atoms with Gasteiger partial charge in [-0.3, -0.25) is 0 Å². The highest BCUT2D eigenvalue weighted by atomic mass is 16.2. The fraction of sp³-hybridized carbons (Fsp3) is 0.412. The van der Waals surface area contributed by atoms with Gasteiger partial charge in [0, 0.05) is 0 Å². The minimum Gasteiger partial charge on any atom is -0.392 e. The number of hydrogen-bond acceptors (Lipinski definition) is 1. The molecular formula is C17H22O. The van der Waals surface area contributed by atoms with Crippen LogP contribution >= 0.6 is 0 Å². The van der Waals surface area contributed by atoms with Crippen LogP contribution in [0, 0.1) is 23.7 Å². The Hall–Kier alpha value is -1.70. The summed E-state index contributed by atoms with van der Waals surface area (Å²) in [5.41, 5.74) is 0. The van der Waals surface area contributed by atoms with Crippen molar-refractivity contribution in [2.24, 2.45) is 0 Å². The van der Waals surface area contributed by atoms with Crippen LogP contribution in [0.25, 0.3) is 0 Å². The maximum atomic E-state index is 8.45. The Balaban J connectivity index is 3.63. The Morgan fingerprint density at radius 3 is 2.39 bits per heavy atom. The zero-order chi connectivity index (χ0) is 13.3. The first kappa shape index (κ1) is 16.3. The Labute approximate surface area is 111 Å². The van der Waals surface area contributed by atoms with Crippen molar-refractivity contribution in [3.63, 3.8) is 0 Å². The molecule has 0 rings (SSSR count). The van der Waals surface area contributed by atoms with Crippen LogP contribution in [0.2, 0.25) is 0 Å². The minimum atomic E-state index is 0.0189. The third kappa shape index (κ3) is 14.3. The Morgan fingerprint density at radius 1 is 0.889 bits per heavy atom. The molecule has 1 N–H and O–H groups in total. The Kier molecular flexibility index (Phi) is 13.9. The molecular weight excluding hydrogens is 220 g/mol. The molecule has 0 aromatic carbocycles. The van der Waals surface area contributed by atoms with Crippen molar-refractivity contribution < 1.29 is 5.11 Å². The van der Waals surface area contributed by atoms with E-state index in [0.29, 0.717) is 0 Å². The van der Waals surface area contributed by atoms with Crippen molar-refractivity contribution in [1.29, 1.82) is 0 Å². The van der Waals surface area contributed by atoms with Gasteiger partial charge in [0.1, 0.15) is 0 Å². The van der Waals surface area contributed by atoms with E-state index < -0.39 is 0 Å². The molecule has 0 aromatic rings. The van der Waals surface area contributed by atoms with Gasteiger partial charge in [-0.1, -0.05) is 62.3 Å². The number of rotatable bonds is 7. The molecule has 0 aliphatic carbocycles. The van der Waals surface area contributed by atoms with Crippen LogP contribution in [0.15, 0.2) is 36.5 Å². The largest absolute Gasteiger partial charge is 0.392 e. The van der Waals surface area contributed by atoms with E-state index in [1.165, 1.54) is 25.7 Å². The lowest BCUT2D eigenvalue weighted by molar-refractivity contribution is 0.343. The van der Waals surface area contributed by atoms with Gasteiger partial charge in [0.25, 0.3) is 0 Å². The van der Waals surface area contributed by atoms with Crippen LogP contribution in [-0.2, 0) is 0 Å². The fourth-order valence-corrected chi connectivity index (χ4v) is 1.23. The lowest BCUT2D eigenvalue weighted by Crippen LogP contribution is -1.72. The van der Waals surface area contributed by atoms with E-state index in [9.17, 15) is 0 Å². The molecule has 0 unspecified atom stereocenters. The Morgan fingerprint density at radius 2 is 1.67 bits per heavy atom. The second kappa shape index (κ2) is 15.3. The monoisotopic (exact) mass is 242 g/mol. The number of unbranched alkanes of at least 4 members (excludes halogenated alkanes) is 4. The lowest BCUT2D eigenvalue weighted by atomic mass is 10.1. The van der Waals surface area contributed by atoms with E-state index >= 15 is 0 Å². The van der Waals surface area contributed by atoms with Crippen LogP contribution in [0.4, 0.5) is 0 Å². The van der Waals surface area contributed by atoms with Crippen LogP contribution < -0.4 is 0 Å². The molecule has 1 heteroatoms. The SMILES string of the molecule is CCCCCC/C=C/C=C\C#CC#C/C=C\CO. The zero-order valence-corrected chi connectivity index (χ0v) is 11.2. The van der Waals surface area contributed by atoms with Gasteiger partial charge in [0.2, 0.25) is 0 Å². The smallest absolute Gasteiger partial charge is 0.0621 e. The normalized spacial score (nSPS) is 10.6. The molecule has 96 valence electrons. The van der Waals surface area contributed by atoms with Crippen molar-refractivity contribution in [3.05, 3.63) is 36.5 Å². The van der Waals surface area contributed by atoms with Gasteiger partial charge in [0.15, 0.2) is 0 Å². The first-order valence-electron chi connectivity index (χ1n) is 6.50. The van der Waals surface area contributed by atoms with E-state index in [1.807, 2.05) is 12.2 Å². The summed E-state index contributed by atoms with van der Waals surface area (Å²) in [4.78, 5) is 0. The maximum Gasteiger partial charge on any atom is 0.0621 e. The van der Waals surface area contributed by atoms with Crippen LogP contribution in [0.1, 0.15) is 39.0 Å². The molecule has 0 spiro atoms. The highest BCUT2D eigenvalue weighted by Gasteiger charge is 1.82. The molecule has 0 aliphatic rings. The summed E-state index contributed by atoms with van der Waals surface area (Å²) >= 11 is 0. The summed E-state index contributed by atoms with van der Waals surface area (Å²) in [6.07, 6.45) is 17.4. The Bertz CT molecular complexity index is 377. The van der Waals surface area contributed by atoms with E-state index in [4.69, 9.17) is 5.11 Å². The van der Waals surface area contributed by atoms with E-state index in [2.05, 4.69) is 36.7 Å². The summed E-state index contributed by atoms with van der Waals surface area (Å²) in [6, 6.07) is 0. The standard InChI is InChI=1S/C17H22O/c1-2-3-4-5-6-7-8-9-10-11-12-13-14-15-16-17-18/h7-10,15-16,18H,2-6,17H2,1H3/b8-7+,10-9-,16-15-. The van der Waals surface area contributed by atoms with Crippen LogP contribution in [0.5, 0.6) is 0 Å². The highest BCUT2D eigenvalue weighted by Crippen LogP contribution is 2.02. The molecule has 0 bridgehead atoms. The van der Waals surface area contributed by atoms with Gasteiger partial charge in [-0.05, 0) is 36.8 Å². The molecule has 0 amide bonds. The second-order valence-corrected chi connectivity index (χ2v) is 3.76. The third-order valence-corrected chi connectivity index (χ3v) is 2.16. The zero-order valence-electron chi connectivity index (χ0n) is 11.2. The highest BCUT2D eigenvalue weighted by molar-refractivity contribution is 5.34. The molecule has 0 saturated heterocycles. The topological polar surface area (TPSA) is 20.2 Å². The van der Waals surface area contributed by atoms with Crippen molar-refractivity contribution >= 4 is 0 Å². The van der Waals surface area contributed by atoms with Crippen molar-refractivity contribution in [2.75, 3.05) is 6.61 Å². The second-order valence-electron chi connectivity index (χ2n) is 3.76. The molecule has 1 nitrogen and oxygen atoms in total. The van der Waals surface area contributed by atoms with Crippen molar-refractivity contribution in [1.82, 2.24) is 0 Å². The van der Waals surface area contributed by atoms with Gasteiger partial charge < -0.3 is 5.11 Å². The van der Waals surface area contributed by atoms with Crippen LogP contribution in [-0.4, -0.2) is 11.7 Å². The van der Waals surface area contributed by atoms with Gasteiger partial charge >= 0.3 is 0 Å². The maximum absolute atomic E-state index is 8.45. The van der Waals surface area contributed by atoms with E-state index in [0.717, 1.165) is 6.42 Å². The average molecular weight is 242 g/mol. The van der Waals surface area contributed by atoms with Gasteiger partial charge in [-0.15, -0.1) is 0 Å². The molecule has 0 radical (unpaired) electrons. The third-order valence-electron chi connectivity index (χ3n) is 2.16. The van der Waals surface area contributed by atoms with Crippen LogP contribution in [0.3, 0.4) is 0 Å². The molecule has 0 heterocycles. The minimum absolute atomic E-state index is 0.0189. The van der Waals surface area contributed by atoms with Gasteiger partial charge in [-0.2, -0.15) is 0 Å². The lowest BCUT2D eigenvalue weighted by Gasteiger charge is -1.92. The number of allylic oxidation sites excluding steroid dienone is 5. The van der Waals surface area contributed by atoms with E-state index in [-0.39, 0.29) is 6.61 Å². The summed E-state index contributed by atoms with van der Waals surface area (Å²) < 4.78 is 0. The number of aliphatic hydroxyl groups is 1. The number of aliphatic hydroxyl groups excluding tert-OH is 1. The first-order valence-corrected chi connectivity index (χ1v) is 6.50. The molecule has 0 atom stereocenters. The summed E-state index contributed by atoms with van der Waals surface area (Å²) in [7, 11) is 0. The summed E-state index contributed by atoms with van der Waals surface area (Å²) in [5, 5.41) is 8.45. The summed E-state index contributed by atoms with van der Waals surface area (Å²) in [5.74, 6) is 10.9. The molecule has 0 saturated carbocycles. The number of hydrogen-bond donors (Lipinski definition) is 1. The van der Waals surface area contributed by atoms with Crippen molar-refractivity contribution in [2.45, 2.75) is 39.0 Å². The first-order chi connectivity index (χ1) is 8.91. The fourth-order valence-electron chi connectivity index (χ4n) is 1.23.